The van der Waals surface area contributed by atoms with Gasteiger partial charge in [-0.3, -0.25) is 0 Å². The minimum absolute atomic E-state index is 0.335. The second-order valence-corrected chi connectivity index (χ2v) is 2.47. The Labute approximate surface area is 77.4 Å². The van der Waals surface area contributed by atoms with Crippen molar-refractivity contribution in [3.63, 3.8) is 0 Å². The van der Waals surface area contributed by atoms with Crippen molar-refractivity contribution in [2.75, 3.05) is 6.61 Å². The van der Waals surface area contributed by atoms with Gasteiger partial charge in [0, 0.05) is 0 Å². The van der Waals surface area contributed by atoms with Crippen molar-refractivity contribution in [1.82, 2.24) is 0 Å². The highest BCUT2D eigenvalue weighted by Crippen LogP contribution is 2.07. The average molecular weight is 178 g/mol. The normalized spacial score (nSPS) is 10.3. The molecule has 68 valence electrons. The Balaban J connectivity index is 2.28. The van der Waals surface area contributed by atoms with E-state index in [0.717, 1.165) is 5.75 Å². The Morgan fingerprint density at radius 3 is 2.54 bits per heavy atom. The van der Waals surface area contributed by atoms with Crippen LogP contribution in [0.1, 0.15) is 0 Å². The van der Waals surface area contributed by atoms with Gasteiger partial charge in [0.15, 0.2) is 0 Å². The lowest BCUT2D eigenvalue weighted by atomic mass is 9.92. The van der Waals surface area contributed by atoms with E-state index in [9.17, 15) is 0 Å². The number of benzene rings is 1. The highest BCUT2D eigenvalue weighted by Gasteiger charge is 1.96. The Morgan fingerprint density at radius 1 is 1.23 bits per heavy atom. The summed E-state index contributed by atoms with van der Waals surface area (Å²) in [4.78, 5) is 0. The number of hydrogen-bond acceptors (Lipinski definition) is 3. The number of para-hydroxylation sites is 1. The fourth-order valence-corrected chi connectivity index (χ4v) is 0.838. The van der Waals surface area contributed by atoms with Gasteiger partial charge in [0.1, 0.15) is 12.4 Å². The molecule has 4 heteroatoms. The molecule has 13 heavy (non-hydrogen) atoms. The summed E-state index contributed by atoms with van der Waals surface area (Å²) in [6.07, 6.45) is 1.55. The molecule has 2 N–H and O–H groups in total. The third kappa shape index (κ3) is 4.35. The second kappa shape index (κ2) is 5.40. The third-order valence-electron chi connectivity index (χ3n) is 1.40. The lowest BCUT2D eigenvalue weighted by molar-refractivity contribution is 0.362. The molecule has 0 unspecified atom stereocenters. The lowest BCUT2D eigenvalue weighted by Gasteiger charge is -2.00. The van der Waals surface area contributed by atoms with Gasteiger partial charge in [0.05, 0.1) is 0 Å². The zero-order valence-electron chi connectivity index (χ0n) is 7.13. The summed E-state index contributed by atoms with van der Waals surface area (Å²) >= 11 is 0. The van der Waals surface area contributed by atoms with E-state index in [1.165, 1.54) is 5.98 Å². The molecule has 0 aliphatic heterocycles. The van der Waals surface area contributed by atoms with Crippen molar-refractivity contribution in [3.8, 4) is 5.75 Å². The first-order valence-electron chi connectivity index (χ1n) is 3.99. The molecular formula is C9H11BO3. The molecule has 0 aliphatic rings. The maximum Gasteiger partial charge on any atom is 0.480 e. The van der Waals surface area contributed by atoms with Gasteiger partial charge in [-0.05, 0) is 12.1 Å². The molecule has 0 heterocycles. The van der Waals surface area contributed by atoms with E-state index in [4.69, 9.17) is 14.8 Å². The molecule has 0 bridgehead atoms. The molecule has 1 rings (SSSR count). The standard InChI is InChI=1S/C9H11BO3/c11-10(12)7-4-8-13-9-5-2-1-3-6-9/h1-7,11-12H,8H2/b7-4+. The number of rotatable bonds is 4. The quantitative estimate of drug-likeness (QED) is 0.665. The van der Waals surface area contributed by atoms with Crippen LogP contribution in [0.15, 0.2) is 42.4 Å². The lowest BCUT2D eigenvalue weighted by Crippen LogP contribution is -2.06. The first kappa shape index (κ1) is 9.83. The Bertz CT molecular complexity index is 259. The second-order valence-electron chi connectivity index (χ2n) is 2.47. The van der Waals surface area contributed by atoms with Crippen LogP contribution >= 0.6 is 0 Å². The molecule has 1 aromatic rings. The fourth-order valence-electron chi connectivity index (χ4n) is 0.838. The summed E-state index contributed by atoms with van der Waals surface area (Å²) in [6, 6.07) is 9.33. The van der Waals surface area contributed by atoms with E-state index in [0.29, 0.717) is 6.61 Å². The van der Waals surface area contributed by atoms with Crippen molar-refractivity contribution in [1.29, 1.82) is 0 Å². The zero-order valence-corrected chi connectivity index (χ0v) is 7.13. The predicted octanol–water partition coefficient (Wildman–Crippen LogP) is 0.634. The minimum Gasteiger partial charge on any atom is -0.490 e. The first-order valence-corrected chi connectivity index (χ1v) is 3.99. The van der Waals surface area contributed by atoms with E-state index in [1.54, 1.807) is 6.08 Å². The molecular weight excluding hydrogens is 167 g/mol. The van der Waals surface area contributed by atoms with E-state index in [2.05, 4.69) is 0 Å². The molecule has 0 radical (unpaired) electrons. The largest absolute Gasteiger partial charge is 0.490 e. The number of ether oxygens (including phenoxy) is 1. The zero-order chi connectivity index (χ0) is 9.52. The Kier molecular flexibility index (Phi) is 4.08. The molecule has 1 aromatic carbocycles. The van der Waals surface area contributed by atoms with Crippen LogP contribution in [-0.2, 0) is 0 Å². The van der Waals surface area contributed by atoms with E-state index in [-0.39, 0.29) is 0 Å². The third-order valence-corrected chi connectivity index (χ3v) is 1.40. The maximum atomic E-state index is 8.46. The van der Waals surface area contributed by atoms with Gasteiger partial charge in [-0.2, -0.15) is 0 Å². The molecule has 0 fully saturated rings. The van der Waals surface area contributed by atoms with Crippen LogP contribution in [0.5, 0.6) is 5.75 Å². The van der Waals surface area contributed by atoms with Crippen molar-refractivity contribution < 1.29 is 14.8 Å². The van der Waals surface area contributed by atoms with Gasteiger partial charge >= 0.3 is 7.12 Å². The summed E-state index contributed by atoms with van der Waals surface area (Å²) in [5.41, 5.74) is 0. The monoisotopic (exact) mass is 178 g/mol. The van der Waals surface area contributed by atoms with Gasteiger partial charge in [-0.25, -0.2) is 0 Å². The Hall–Kier alpha value is -1.26. The highest BCUT2D eigenvalue weighted by molar-refractivity contribution is 6.47. The van der Waals surface area contributed by atoms with Crippen LogP contribution in [0.2, 0.25) is 0 Å². The molecule has 0 aromatic heterocycles. The maximum absolute atomic E-state index is 8.46. The molecule has 3 nitrogen and oxygen atoms in total. The fraction of sp³-hybridized carbons (Fsp3) is 0.111. The molecule has 0 saturated carbocycles. The van der Waals surface area contributed by atoms with Crippen molar-refractivity contribution in [2.24, 2.45) is 0 Å². The van der Waals surface area contributed by atoms with Crippen LogP contribution < -0.4 is 4.74 Å². The van der Waals surface area contributed by atoms with E-state index in [1.807, 2.05) is 30.3 Å². The smallest absolute Gasteiger partial charge is 0.480 e. The average Bonchev–Trinajstić information content (AvgIpc) is 2.14. The minimum atomic E-state index is -1.40. The van der Waals surface area contributed by atoms with Crippen LogP contribution in [0.3, 0.4) is 0 Å². The molecule has 0 saturated heterocycles. The predicted molar refractivity (Wildman–Crippen MR) is 51.3 cm³/mol. The van der Waals surface area contributed by atoms with Crippen molar-refractivity contribution in [3.05, 3.63) is 42.4 Å². The summed E-state index contributed by atoms with van der Waals surface area (Å²) < 4.78 is 5.25. The van der Waals surface area contributed by atoms with Gasteiger partial charge in [-0.1, -0.05) is 30.3 Å². The van der Waals surface area contributed by atoms with Crippen molar-refractivity contribution >= 4 is 7.12 Å². The summed E-state index contributed by atoms with van der Waals surface area (Å²) in [5, 5.41) is 16.9. The highest BCUT2D eigenvalue weighted by atomic mass is 16.5. The first-order chi connectivity index (χ1) is 6.29. The van der Waals surface area contributed by atoms with E-state index < -0.39 is 7.12 Å². The molecule has 0 amide bonds. The molecule has 0 aliphatic carbocycles. The summed E-state index contributed by atoms with van der Waals surface area (Å²) in [6.45, 7) is 0.335. The van der Waals surface area contributed by atoms with Crippen LogP contribution in [0.25, 0.3) is 0 Å². The Morgan fingerprint density at radius 2 is 1.92 bits per heavy atom. The van der Waals surface area contributed by atoms with Gasteiger partial charge in [0.25, 0.3) is 0 Å². The van der Waals surface area contributed by atoms with E-state index >= 15 is 0 Å². The van der Waals surface area contributed by atoms with Crippen LogP contribution in [0.4, 0.5) is 0 Å². The topological polar surface area (TPSA) is 49.7 Å². The number of hydrogen-bond donors (Lipinski definition) is 2. The van der Waals surface area contributed by atoms with Gasteiger partial charge < -0.3 is 14.8 Å². The van der Waals surface area contributed by atoms with Gasteiger partial charge in [0.2, 0.25) is 0 Å². The van der Waals surface area contributed by atoms with Crippen LogP contribution in [0, 0.1) is 0 Å². The summed E-state index contributed by atoms with van der Waals surface area (Å²) in [5.74, 6) is 2.02. The summed E-state index contributed by atoms with van der Waals surface area (Å²) in [7, 11) is -1.40. The SMILES string of the molecule is OB(O)/C=C/COc1ccccc1. The van der Waals surface area contributed by atoms with Gasteiger partial charge in [-0.15, -0.1) is 0 Å². The molecule has 0 spiro atoms. The molecule has 0 atom stereocenters. The van der Waals surface area contributed by atoms with Crippen LogP contribution in [-0.4, -0.2) is 23.8 Å². The van der Waals surface area contributed by atoms with Crippen molar-refractivity contribution in [2.45, 2.75) is 0 Å².